The number of para-hydroxylation sites is 1. The minimum Gasteiger partial charge on any atom is -0.496 e. The molecule has 0 aliphatic rings. The van der Waals surface area contributed by atoms with Gasteiger partial charge in [-0.1, -0.05) is 35.5 Å². The summed E-state index contributed by atoms with van der Waals surface area (Å²) in [6.07, 6.45) is 0.705. The van der Waals surface area contributed by atoms with Crippen molar-refractivity contribution < 1.29 is 14.1 Å². The number of nitrogens with zero attached hydrogens (tertiary/aromatic N) is 3. The molecule has 1 amide bonds. The zero-order chi connectivity index (χ0) is 20.8. The summed E-state index contributed by atoms with van der Waals surface area (Å²) in [7, 11) is 1.64. The molecular weight excluding hydrogens is 418 g/mol. The van der Waals surface area contributed by atoms with E-state index in [1.165, 1.54) is 0 Å². The summed E-state index contributed by atoms with van der Waals surface area (Å²) in [6.45, 7) is 1.03. The van der Waals surface area contributed by atoms with E-state index >= 15 is 0 Å². The van der Waals surface area contributed by atoms with Crippen molar-refractivity contribution in [3.63, 3.8) is 0 Å². The van der Waals surface area contributed by atoms with E-state index in [0.29, 0.717) is 37.6 Å². The van der Waals surface area contributed by atoms with Gasteiger partial charge in [-0.15, -0.1) is 22.7 Å². The van der Waals surface area contributed by atoms with Crippen LogP contribution in [0.15, 0.2) is 63.8 Å². The molecule has 3 heterocycles. The molecule has 0 spiro atoms. The normalized spacial score (nSPS) is 10.8. The summed E-state index contributed by atoms with van der Waals surface area (Å²) >= 11 is 3.20. The van der Waals surface area contributed by atoms with Crippen LogP contribution in [0.2, 0.25) is 0 Å². The van der Waals surface area contributed by atoms with E-state index < -0.39 is 0 Å². The fraction of sp³-hybridized carbons (Fsp3) is 0.227. The zero-order valence-electron chi connectivity index (χ0n) is 16.5. The molecule has 0 bridgehead atoms. The lowest BCUT2D eigenvalue weighted by molar-refractivity contribution is -0.132. The fourth-order valence-electron chi connectivity index (χ4n) is 3.10. The Morgan fingerprint density at radius 3 is 2.67 bits per heavy atom. The summed E-state index contributed by atoms with van der Waals surface area (Å²) in [5.74, 6) is 1.85. The van der Waals surface area contributed by atoms with Crippen molar-refractivity contribution in [1.82, 2.24) is 15.0 Å². The van der Waals surface area contributed by atoms with Crippen LogP contribution in [-0.4, -0.2) is 28.1 Å². The Labute approximate surface area is 182 Å². The highest BCUT2D eigenvalue weighted by Gasteiger charge is 2.19. The van der Waals surface area contributed by atoms with Crippen LogP contribution in [0.3, 0.4) is 0 Å². The van der Waals surface area contributed by atoms with Gasteiger partial charge in [-0.05, 0) is 29.0 Å². The standard InChI is InChI=1S/C22H21N3O3S2/c1-27-18-8-3-2-6-16(18)14-25(15-17-7-4-12-29-17)21(26)11-10-20-23-22(24-28-20)19-9-5-13-30-19/h2-9,12-13H,10-11,14-15H2,1H3. The number of amides is 1. The van der Waals surface area contributed by atoms with Crippen molar-refractivity contribution in [3.8, 4) is 16.5 Å². The Balaban J connectivity index is 1.45. The summed E-state index contributed by atoms with van der Waals surface area (Å²) in [6, 6.07) is 15.7. The Bertz CT molecular complexity index is 1070. The molecule has 0 saturated heterocycles. The predicted molar refractivity (Wildman–Crippen MR) is 117 cm³/mol. The van der Waals surface area contributed by atoms with Crippen molar-refractivity contribution in [2.24, 2.45) is 0 Å². The van der Waals surface area contributed by atoms with Crippen LogP contribution in [0.1, 0.15) is 22.8 Å². The maximum Gasteiger partial charge on any atom is 0.227 e. The van der Waals surface area contributed by atoms with Crippen molar-refractivity contribution in [2.75, 3.05) is 7.11 Å². The fourth-order valence-corrected chi connectivity index (χ4v) is 4.47. The number of ether oxygens (including phenoxy) is 1. The lowest BCUT2D eigenvalue weighted by atomic mass is 10.1. The highest BCUT2D eigenvalue weighted by Crippen LogP contribution is 2.23. The van der Waals surface area contributed by atoms with Gasteiger partial charge in [0, 0.05) is 29.8 Å². The highest BCUT2D eigenvalue weighted by molar-refractivity contribution is 7.13. The number of thiophene rings is 2. The van der Waals surface area contributed by atoms with Gasteiger partial charge < -0.3 is 14.2 Å². The lowest BCUT2D eigenvalue weighted by Gasteiger charge is -2.23. The first-order chi connectivity index (χ1) is 14.7. The summed E-state index contributed by atoms with van der Waals surface area (Å²) < 4.78 is 10.8. The molecule has 3 aromatic heterocycles. The number of methoxy groups -OCH3 is 1. The van der Waals surface area contributed by atoms with Crippen molar-refractivity contribution in [3.05, 3.63) is 75.6 Å². The quantitative estimate of drug-likeness (QED) is 0.366. The predicted octanol–water partition coefficient (Wildman–Crippen LogP) is 5.03. The van der Waals surface area contributed by atoms with Gasteiger partial charge in [-0.2, -0.15) is 4.98 Å². The molecule has 0 saturated carbocycles. The molecular formula is C22H21N3O3S2. The second kappa shape index (κ2) is 9.69. The molecule has 30 heavy (non-hydrogen) atoms. The molecule has 4 aromatic rings. The van der Waals surface area contributed by atoms with Crippen LogP contribution < -0.4 is 4.74 Å². The number of aryl methyl sites for hydroxylation is 1. The van der Waals surface area contributed by atoms with Crippen molar-refractivity contribution in [1.29, 1.82) is 0 Å². The van der Waals surface area contributed by atoms with Crippen LogP contribution in [-0.2, 0) is 24.3 Å². The highest BCUT2D eigenvalue weighted by atomic mass is 32.1. The van der Waals surface area contributed by atoms with Gasteiger partial charge in [0.25, 0.3) is 0 Å². The second-order valence-electron chi connectivity index (χ2n) is 6.63. The van der Waals surface area contributed by atoms with Gasteiger partial charge in [0.2, 0.25) is 17.6 Å². The Morgan fingerprint density at radius 1 is 1.07 bits per heavy atom. The molecule has 154 valence electrons. The van der Waals surface area contributed by atoms with Crippen LogP contribution in [0, 0.1) is 0 Å². The molecule has 0 atom stereocenters. The van der Waals surface area contributed by atoms with Crippen LogP contribution in [0.25, 0.3) is 10.7 Å². The van der Waals surface area contributed by atoms with Gasteiger partial charge in [0.15, 0.2) is 0 Å². The third-order valence-corrected chi connectivity index (χ3v) is 6.32. The van der Waals surface area contributed by atoms with Gasteiger partial charge in [0.05, 0.1) is 18.5 Å². The molecule has 6 nitrogen and oxygen atoms in total. The molecule has 1 aromatic carbocycles. The molecule has 0 radical (unpaired) electrons. The number of rotatable bonds is 9. The average molecular weight is 440 g/mol. The van der Waals surface area contributed by atoms with E-state index in [-0.39, 0.29) is 5.91 Å². The van der Waals surface area contributed by atoms with Crippen LogP contribution >= 0.6 is 22.7 Å². The smallest absolute Gasteiger partial charge is 0.227 e. The first kappa shape index (κ1) is 20.3. The molecule has 0 fully saturated rings. The van der Waals surface area contributed by atoms with Crippen LogP contribution in [0.4, 0.5) is 0 Å². The topological polar surface area (TPSA) is 68.5 Å². The van der Waals surface area contributed by atoms with E-state index in [0.717, 1.165) is 21.1 Å². The van der Waals surface area contributed by atoms with Gasteiger partial charge in [0.1, 0.15) is 5.75 Å². The molecule has 0 N–H and O–H groups in total. The average Bonchev–Trinajstić information content (AvgIpc) is 3.54. The third-order valence-electron chi connectivity index (χ3n) is 4.60. The number of carbonyl (C=O) groups excluding carboxylic acids is 1. The largest absolute Gasteiger partial charge is 0.496 e. The molecule has 8 heteroatoms. The third kappa shape index (κ3) is 4.95. The van der Waals surface area contributed by atoms with Gasteiger partial charge in [-0.3, -0.25) is 4.79 Å². The van der Waals surface area contributed by atoms with E-state index in [1.807, 2.05) is 64.2 Å². The van der Waals surface area contributed by atoms with Crippen molar-refractivity contribution >= 4 is 28.6 Å². The van der Waals surface area contributed by atoms with E-state index in [2.05, 4.69) is 10.1 Å². The summed E-state index contributed by atoms with van der Waals surface area (Å²) in [5.41, 5.74) is 0.975. The lowest BCUT2D eigenvalue weighted by Crippen LogP contribution is -2.30. The van der Waals surface area contributed by atoms with Crippen molar-refractivity contribution in [2.45, 2.75) is 25.9 Å². The second-order valence-corrected chi connectivity index (χ2v) is 8.61. The maximum absolute atomic E-state index is 13.1. The number of benzene rings is 1. The number of hydrogen-bond acceptors (Lipinski definition) is 7. The number of hydrogen-bond donors (Lipinski definition) is 0. The Morgan fingerprint density at radius 2 is 1.90 bits per heavy atom. The van der Waals surface area contributed by atoms with E-state index in [9.17, 15) is 4.79 Å². The van der Waals surface area contributed by atoms with Gasteiger partial charge >= 0.3 is 0 Å². The molecule has 4 rings (SSSR count). The Hall–Kier alpha value is -2.97. The number of carbonyl (C=O) groups is 1. The monoisotopic (exact) mass is 439 g/mol. The minimum atomic E-state index is 0.0326. The molecule has 0 aliphatic carbocycles. The zero-order valence-corrected chi connectivity index (χ0v) is 18.1. The summed E-state index contributed by atoms with van der Waals surface area (Å²) in [5, 5.41) is 8.00. The first-order valence-corrected chi connectivity index (χ1v) is 11.3. The first-order valence-electron chi connectivity index (χ1n) is 9.51. The van der Waals surface area contributed by atoms with E-state index in [1.54, 1.807) is 29.8 Å². The molecule has 0 unspecified atom stereocenters. The molecule has 0 aliphatic heterocycles. The Kier molecular flexibility index (Phi) is 6.56. The van der Waals surface area contributed by atoms with E-state index in [4.69, 9.17) is 9.26 Å². The summed E-state index contributed by atoms with van der Waals surface area (Å²) in [4.78, 5) is 21.4. The van der Waals surface area contributed by atoms with Crippen LogP contribution in [0.5, 0.6) is 5.75 Å². The SMILES string of the molecule is COc1ccccc1CN(Cc1cccs1)C(=O)CCc1nc(-c2cccs2)no1. The minimum absolute atomic E-state index is 0.0326. The van der Waals surface area contributed by atoms with Gasteiger partial charge in [-0.25, -0.2) is 0 Å². The maximum atomic E-state index is 13.1. The number of aromatic nitrogens is 2.